The molecule has 1 aliphatic heterocycles. The minimum Gasteiger partial charge on any atom is -0.381 e. The van der Waals surface area contributed by atoms with Gasteiger partial charge in [0.05, 0.1) is 4.90 Å². The van der Waals surface area contributed by atoms with E-state index in [0.717, 1.165) is 23.4 Å². The molecule has 1 aromatic rings. The van der Waals surface area contributed by atoms with E-state index in [9.17, 15) is 8.42 Å². The number of hydrogen-bond acceptors (Lipinski definition) is 4. The molecule has 6 heteroatoms. The van der Waals surface area contributed by atoms with Gasteiger partial charge in [-0.05, 0) is 43.8 Å². The molecule has 1 aromatic carbocycles. The zero-order valence-electron chi connectivity index (χ0n) is 10.6. The lowest BCUT2D eigenvalue weighted by Gasteiger charge is -2.16. The number of anilines is 1. The van der Waals surface area contributed by atoms with Crippen LogP contribution in [0.15, 0.2) is 23.1 Å². The molecule has 1 heterocycles. The Morgan fingerprint density at radius 1 is 1.39 bits per heavy atom. The summed E-state index contributed by atoms with van der Waals surface area (Å²) in [6.45, 7) is 1.99. The van der Waals surface area contributed by atoms with Crippen molar-refractivity contribution in [3.63, 3.8) is 0 Å². The molecular formula is C12H18N2O2S2. The third-order valence-corrected chi connectivity index (χ3v) is 5.65. The summed E-state index contributed by atoms with van der Waals surface area (Å²) in [6.07, 6.45) is 1.13. The van der Waals surface area contributed by atoms with Crippen LogP contribution in [0.1, 0.15) is 12.0 Å². The third kappa shape index (κ3) is 2.99. The van der Waals surface area contributed by atoms with Gasteiger partial charge in [0.25, 0.3) is 0 Å². The van der Waals surface area contributed by atoms with Crippen LogP contribution in [0.3, 0.4) is 0 Å². The molecule has 0 radical (unpaired) electrons. The molecule has 2 N–H and O–H groups in total. The highest BCUT2D eigenvalue weighted by atomic mass is 32.2. The van der Waals surface area contributed by atoms with Gasteiger partial charge in [-0.3, -0.25) is 0 Å². The van der Waals surface area contributed by atoms with Gasteiger partial charge in [0.2, 0.25) is 10.0 Å². The summed E-state index contributed by atoms with van der Waals surface area (Å²) >= 11 is 1.93. The van der Waals surface area contributed by atoms with Gasteiger partial charge in [-0.2, -0.15) is 11.8 Å². The largest absolute Gasteiger partial charge is 0.381 e. The van der Waals surface area contributed by atoms with Crippen LogP contribution in [-0.2, 0) is 10.0 Å². The summed E-state index contributed by atoms with van der Waals surface area (Å²) in [4.78, 5) is 0.309. The van der Waals surface area contributed by atoms with E-state index in [-0.39, 0.29) is 0 Å². The first-order valence-electron chi connectivity index (χ1n) is 5.91. The van der Waals surface area contributed by atoms with Crippen molar-refractivity contribution in [2.75, 3.05) is 23.9 Å². The molecule has 1 fully saturated rings. The van der Waals surface area contributed by atoms with Crippen molar-refractivity contribution in [1.29, 1.82) is 0 Å². The fourth-order valence-electron chi connectivity index (χ4n) is 1.91. The zero-order chi connectivity index (χ0) is 13.2. The molecule has 0 amide bonds. The van der Waals surface area contributed by atoms with Crippen molar-refractivity contribution in [2.45, 2.75) is 24.3 Å². The SMILES string of the molecule is CNS(=O)(=O)c1ccc(C)c(NC2CCSC2)c1. The van der Waals surface area contributed by atoms with Crippen molar-refractivity contribution in [3.05, 3.63) is 23.8 Å². The Morgan fingerprint density at radius 2 is 2.17 bits per heavy atom. The number of benzene rings is 1. The van der Waals surface area contributed by atoms with E-state index in [1.54, 1.807) is 12.1 Å². The van der Waals surface area contributed by atoms with Crippen LogP contribution in [0.5, 0.6) is 0 Å². The van der Waals surface area contributed by atoms with E-state index in [0.29, 0.717) is 10.9 Å². The van der Waals surface area contributed by atoms with E-state index in [2.05, 4.69) is 10.0 Å². The van der Waals surface area contributed by atoms with Crippen molar-refractivity contribution in [3.8, 4) is 0 Å². The van der Waals surface area contributed by atoms with Crippen molar-refractivity contribution in [2.24, 2.45) is 0 Å². The second-order valence-electron chi connectivity index (χ2n) is 4.39. The molecule has 1 saturated heterocycles. The highest BCUT2D eigenvalue weighted by Gasteiger charge is 2.18. The highest BCUT2D eigenvalue weighted by molar-refractivity contribution is 7.99. The molecule has 2 rings (SSSR count). The van der Waals surface area contributed by atoms with Crippen LogP contribution in [0, 0.1) is 6.92 Å². The van der Waals surface area contributed by atoms with Gasteiger partial charge in [-0.1, -0.05) is 6.07 Å². The maximum absolute atomic E-state index is 11.8. The Bertz CT molecular complexity index is 523. The highest BCUT2D eigenvalue weighted by Crippen LogP contribution is 2.25. The molecule has 0 aliphatic carbocycles. The Morgan fingerprint density at radius 3 is 2.78 bits per heavy atom. The maximum Gasteiger partial charge on any atom is 0.240 e. The Balaban J connectivity index is 2.26. The lowest BCUT2D eigenvalue weighted by molar-refractivity contribution is 0.588. The molecule has 1 aliphatic rings. The average Bonchev–Trinajstić information content (AvgIpc) is 2.84. The van der Waals surface area contributed by atoms with E-state index in [1.165, 1.54) is 12.8 Å². The molecule has 0 aromatic heterocycles. The minimum atomic E-state index is -3.37. The Hall–Kier alpha value is -0.720. The van der Waals surface area contributed by atoms with Crippen LogP contribution in [0.4, 0.5) is 5.69 Å². The van der Waals surface area contributed by atoms with Crippen molar-refractivity contribution >= 4 is 27.5 Å². The predicted octanol–water partition coefficient (Wildman–Crippen LogP) is 1.82. The van der Waals surface area contributed by atoms with Crippen molar-refractivity contribution in [1.82, 2.24) is 4.72 Å². The summed E-state index contributed by atoms with van der Waals surface area (Å²) < 4.78 is 25.9. The lowest BCUT2D eigenvalue weighted by atomic mass is 10.1. The summed E-state index contributed by atoms with van der Waals surface area (Å²) in [5.41, 5.74) is 1.99. The summed E-state index contributed by atoms with van der Waals surface area (Å²) in [5.74, 6) is 2.26. The normalized spacial score (nSPS) is 20.0. The molecule has 18 heavy (non-hydrogen) atoms. The molecule has 1 unspecified atom stereocenters. The number of thioether (sulfide) groups is 1. The van der Waals surface area contributed by atoms with E-state index < -0.39 is 10.0 Å². The summed E-state index contributed by atoms with van der Waals surface area (Å²) in [7, 11) is -1.94. The van der Waals surface area contributed by atoms with Crippen LogP contribution in [-0.4, -0.2) is 33.0 Å². The molecule has 0 saturated carbocycles. The quantitative estimate of drug-likeness (QED) is 0.886. The zero-order valence-corrected chi connectivity index (χ0v) is 12.2. The fraction of sp³-hybridized carbons (Fsp3) is 0.500. The van der Waals surface area contributed by atoms with Crippen LogP contribution in [0.25, 0.3) is 0 Å². The van der Waals surface area contributed by atoms with E-state index in [4.69, 9.17) is 0 Å². The van der Waals surface area contributed by atoms with Gasteiger partial charge >= 0.3 is 0 Å². The first-order valence-corrected chi connectivity index (χ1v) is 8.55. The number of sulfonamides is 1. The molecule has 1 atom stereocenters. The van der Waals surface area contributed by atoms with Gasteiger partial charge in [-0.25, -0.2) is 13.1 Å². The number of hydrogen-bond donors (Lipinski definition) is 2. The average molecular weight is 286 g/mol. The van der Waals surface area contributed by atoms with Gasteiger partial charge in [0, 0.05) is 17.5 Å². The third-order valence-electron chi connectivity index (χ3n) is 3.08. The van der Waals surface area contributed by atoms with Crippen LogP contribution in [0.2, 0.25) is 0 Å². The molecule has 0 bridgehead atoms. The predicted molar refractivity (Wildman–Crippen MR) is 76.8 cm³/mol. The second kappa shape index (κ2) is 5.50. The first-order chi connectivity index (χ1) is 8.53. The first kappa shape index (κ1) is 13.7. The fourth-order valence-corrected chi connectivity index (χ4v) is 3.82. The van der Waals surface area contributed by atoms with Gasteiger partial charge in [-0.15, -0.1) is 0 Å². The summed E-state index contributed by atoms with van der Waals surface area (Å²) in [6, 6.07) is 5.63. The second-order valence-corrected chi connectivity index (χ2v) is 7.43. The van der Waals surface area contributed by atoms with E-state index >= 15 is 0 Å². The Labute approximate surface area is 113 Å². The topological polar surface area (TPSA) is 58.2 Å². The molecule has 100 valence electrons. The maximum atomic E-state index is 11.8. The standard InChI is InChI=1S/C12H18N2O2S2/c1-9-3-4-11(18(15,16)13-2)7-12(9)14-10-5-6-17-8-10/h3-4,7,10,13-14H,5-6,8H2,1-2H3. The number of rotatable bonds is 4. The minimum absolute atomic E-state index is 0.309. The van der Waals surface area contributed by atoms with E-state index in [1.807, 2.05) is 24.8 Å². The molecule has 0 spiro atoms. The van der Waals surface area contributed by atoms with Crippen molar-refractivity contribution < 1.29 is 8.42 Å². The smallest absolute Gasteiger partial charge is 0.240 e. The lowest BCUT2D eigenvalue weighted by Crippen LogP contribution is -2.21. The molecular weight excluding hydrogens is 268 g/mol. The Kier molecular flexibility index (Phi) is 4.19. The monoisotopic (exact) mass is 286 g/mol. The summed E-state index contributed by atoms with van der Waals surface area (Å²) in [5, 5.41) is 3.43. The van der Waals surface area contributed by atoms with Crippen LogP contribution < -0.4 is 10.0 Å². The van der Waals surface area contributed by atoms with Gasteiger partial charge in [0.1, 0.15) is 0 Å². The molecule has 4 nitrogen and oxygen atoms in total. The number of aryl methyl sites for hydroxylation is 1. The number of nitrogens with one attached hydrogen (secondary N) is 2. The van der Waals surface area contributed by atoms with Gasteiger partial charge in [0.15, 0.2) is 0 Å². The van der Waals surface area contributed by atoms with Gasteiger partial charge < -0.3 is 5.32 Å². The van der Waals surface area contributed by atoms with Crippen LogP contribution >= 0.6 is 11.8 Å².